The van der Waals surface area contributed by atoms with E-state index in [9.17, 15) is 9.59 Å². The molecule has 4 aromatic rings. The van der Waals surface area contributed by atoms with Gasteiger partial charge in [-0.2, -0.15) is 0 Å². The third kappa shape index (κ3) is 6.29. The number of amides is 2. The highest BCUT2D eigenvalue weighted by Gasteiger charge is 2.22. The Hall–Kier alpha value is -4.59. The summed E-state index contributed by atoms with van der Waals surface area (Å²) in [6.07, 6.45) is 0. The minimum atomic E-state index is -0.374. The molecule has 0 unspecified atom stereocenters. The fourth-order valence-electron chi connectivity index (χ4n) is 4.31. The lowest BCUT2D eigenvalue weighted by atomic mass is 9.86. The lowest BCUT2D eigenvalue weighted by Crippen LogP contribution is -2.30. The molecule has 8 heteroatoms. The van der Waals surface area contributed by atoms with E-state index in [4.69, 9.17) is 14.0 Å². The summed E-state index contributed by atoms with van der Waals surface area (Å²) in [5, 5.41) is 6.79. The van der Waals surface area contributed by atoms with Crippen molar-refractivity contribution < 1.29 is 23.6 Å². The minimum absolute atomic E-state index is 0.00908. The molecule has 5 rings (SSSR count). The van der Waals surface area contributed by atoms with Crippen LogP contribution in [0.15, 0.2) is 83.4 Å². The fourth-order valence-corrected chi connectivity index (χ4v) is 4.31. The smallest absolute Gasteiger partial charge is 0.273 e. The van der Waals surface area contributed by atoms with Crippen LogP contribution in [0.4, 0.5) is 0 Å². The highest BCUT2D eigenvalue weighted by atomic mass is 16.7. The van der Waals surface area contributed by atoms with Crippen molar-refractivity contribution in [3.63, 3.8) is 0 Å². The van der Waals surface area contributed by atoms with E-state index in [0.29, 0.717) is 35.9 Å². The number of ether oxygens (including phenoxy) is 2. The monoisotopic (exact) mass is 525 g/mol. The van der Waals surface area contributed by atoms with Crippen LogP contribution in [0.3, 0.4) is 0 Å². The first kappa shape index (κ1) is 26.0. The second-order valence-corrected chi connectivity index (χ2v) is 10.5. The van der Waals surface area contributed by atoms with E-state index in [1.807, 2.05) is 72.8 Å². The summed E-state index contributed by atoms with van der Waals surface area (Å²) < 4.78 is 16.2. The highest BCUT2D eigenvalue weighted by Crippen LogP contribution is 2.32. The van der Waals surface area contributed by atoms with E-state index in [-0.39, 0.29) is 36.3 Å². The van der Waals surface area contributed by atoms with Gasteiger partial charge >= 0.3 is 0 Å². The van der Waals surface area contributed by atoms with Crippen molar-refractivity contribution in [2.45, 2.75) is 45.8 Å². The molecule has 1 N–H and O–H groups in total. The summed E-state index contributed by atoms with van der Waals surface area (Å²) >= 11 is 0. The molecule has 0 aliphatic carbocycles. The molecule has 0 spiro atoms. The second kappa shape index (κ2) is 11.0. The van der Waals surface area contributed by atoms with E-state index in [1.165, 1.54) is 0 Å². The lowest BCUT2D eigenvalue weighted by molar-refractivity contribution is 0.0713. The first-order valence-corrected chi connectivity index (χ1v) is 12.8. The van der Waals surface area contributed by atoms with Gasteiger partial charge in [-0.3, -0.25) is 9.59 Å². The fraction of sp³-hybridized carbons (Fsp3) is 0.258. The minimum Gasteiger partial charge on any atom is -0.454 e. The van der Waals surface area contributed by atoms with E-state index in [2.05, 4.69) is 31.2 Å². The number of carbonyl (C=O) groups is 2. The number of rotatable bonds is 8. The highest BCUT2D eigenvalue weighted by molar-refractivity contribution is 5.94. The van der Waals surface area contributed by atoms with Gasteiger partial charge in [0.05, 0.1) is 6.54 Å². The van der Waals surface area contributed by atoms with Crippen molar-refractivity contribution in [1.29, 1.82) is 0 Å². The maximum absolute atomic E-state index is 13.6. The van der Waals surface area contributed by atoms with Gasteiger partial charge in [-0.1, -0.05) is 74.5 Å². The van der Waals surface area contributed by atoms with Crippen molar-refractivity contribution in [2.75, 3.05) is 6.79 Å². The number of carbonyl (C=O) groups excluding carboxylic acids is 2. The molecule has 0 saturated heterocycles. The number of benzene rings is 3. The number of hydrogen-bond acceptors (Lipinski definition) is 6. The van der Waals surface area contributed by atoms with Gasteiger partial charge in [0.1, 0.15) is 0 Å². The summed E-state index contributed by atoms with van der Waals surface area (Å²) in [6.45, 7) is 7.44. The van der Waals surface area contributed by atoms with Crippen LogP contribution in [0.2, 0.25) is 0 Å². The lowest BCUT2D eigenvalue weighted by Gasteiger charge is -2.23. The summed E-state index contributed by atoms with van der Waals surface area (Å²) in [4.78, 5) is 28.0. The zero-order valence-corrected chi connectivity index (χ0v) is 22.3. The number of aromatic nitrogens is 1. The zero-order valence-electron chi connectivity index (χ0n) is 22.3. The van der Waals surface area contributed by atoms with E-state index >= 15 is 0 Å². The predicted molar refractivity (Wildman–Crippen MR) is 145 cm³/mol. The van der Waals surface area contributed by atoms with Gasteiger partial charge in [-0.25, -0.2) is 0 Å². The Morgan fingerprint density at radius 2 is 1.62 bits per heavy atom. The van der Waals surface area contributed by atoms with Crippen molar-refractivity contribution in [2.24, 2.45) is 0 Å². The van der Waals surface area contributed by atoms with E-state index in [1.54, 1.807) is 11.0 Å². The van der Waals surface area contributed by atoms with Crippen molar-refractivity contribution in [3.8, 4) is 11.5 Å². The Balaban J connectivity index is 1.28. The molecule has 0 bridgehead atoms. The van der Waals surface area contributed by atoms with Gasteiger partial charge in [0.2, 0.25) is 6.79 Å². The Morgan fingerprint density at radius 1 is 0.872 bits per heavy atom. The molecule has 0 fully saturated rings. The molecule has 8 nitrogen and oxygen atoms in total. The van der Waals surface area contributed by atoms with Gasteiger partial charge < -0.3 is 24.2 Å². The van der Waals surface area contributed by atoms with Crippen LogP contribution in [0, 0.1) is 0 Å². The molecule has 39 heavy (non-hydrogen) atoms. The second-order valence-electron chi connectivity index (χ2n) is 10.5. The molecule has 1 aliphatic rings. The molecule has 200 valence electrons. The largest absolute Gasteiger partial charge is 0.454 e. The zero-order chi connectivity index (χ0) is 27.4. The molecule has 1 aliphatic heterocycles. The van der Waals surface area contributed by atoms with Crippen LogP contribution in [0.25, 0.3) is 0 Å². The van der Waals surface area contributed by atoms with Gasteiger partial charge in [0.25, 0.3) is 11.8 Å². The third-order valence-electron chi connectivity index (χ3n) is 6.53. The topological polar surface area (TPSA) is 93.9 Å². The average Bonchev–Trinajstić information content (AvgIpc) is 3.60. The van der Waals surface area contributed by atoms with Crippen LogP contribution in [0.1, 0.15) is 64.1 Å². The Labute approximate surface area is 227 Å². The number of nitrogens with zero attached hydrogens (tertiary/aromatic N) is 2. The summed E-state index contributed by atoms with van der Waals surface area (Å²) in [6, 6.07) is 24.5. The Bertz CT molecular complexity index is 1460. The maximum atomic E-state index is 13.6. The van der Waals surface area contributed by atoms with Crippen LogP contribution in [-0.4, -0.2) is 28.7 Å². The average molecular weight is 526 g/mol. The molecule has 0 saturated carbocycles. The maximum Gasteiger partial charge on any atom is 0.273 e. The van der Waals surface area contributed by atoms with Crippen LogP contribution >= 0.6 is 0 Å². The first-order chi connectivity index (χ1) is 18.8. The predicted octanol–water partition coefficient (Wildman–Crippen LogP) is 5.47. The molecular weight excluding hydrogens is 494 g/mol. The molecule has 2 amide bonds. The molecule has 0 atom stereocenters. The quantitative estimate of drug-likeness (QED) is 0.328. The van der Waals surface area contributed by atoms with Crippen molar-refractivity contribution >= 4 is 11.8 Å². The molecule has 1 aromatic heterocycles. The Morgan fingerprint density at radius 3 is 2.36 bits per heavy atom. The SMILES string of the molecule is CC(C)(C)c1ccc(C(=O)N(Cc2ccccc2)Cc2cc(C(=O)NCc3ccc4c(c3)OCO4)no2)cc1. The van der Waals surface area contributed by atoms with Crippen LogP contribution < -0.4 is 14.8 Å². The molecular formula is C31H31N3O5. The number of hydrogen-bond donors (Lipinski definition) is 1. The van der Waals surface area contributed by atoms with E-state index < -0.39 is 0 Å². The standard InChI is InChI=1S/C31H31N3O5/c1-31(2,3)24-12-10-23(11-13-24)30(36)34(18-21-7-5-4-6-8-21)19-25-16-26(33-39-25)29(35)32-17-22-9-14-27-28(15-22)38-20-37-27/h4-16H,17-20H2,1-3H3,(H,32,35). The Kier molecular flexibility index (Phi) is 7.36. The van der Waals surface area contributed by atoms with Gasteiger partial charge in [0.15, 0.2) is 23.0 Å². The summed E-state index contributed by atoms with van der Waals surface area (Å²) in [5.41, 5.74) is 3.73. The van der Waals surface area contributed by atoms with Gasteiger partial charge in [0, 0.05) is 24.7 Å². The van der Waals surface area contributed by atoms with E-state index in [0.717, 1.165) is 16.7 Å². The van der Waals surface area contributed by atoms with Crippen LogP contribution in [-0.2, 0) is 25.0 Å². The van der Waals surface area contributed by atoms with Crippen molar-refractivity contribution in [1.82, 2.24) is 15.4 Å². The van der Waals surface area contributed by atoms with Crippen LogP contribution in [0.5, 0.6) is 11.5 Å². The third-order valence-corrected chi connectivity index (χ3v) is 6.53. The number of nitrogens with one attached hydrogen (secondary N) is 1. The summed E-state index contributed by atoms with van der Waals surface area (Å²) in [7, 11) is 0. The molecule has 3 aromatic carbocycles. The summed E-state index contributed by atoms with van der Waals surface area (Å²) in [5.74, 6) is 1.25. The molecule has 2 heterocycles. The normalized spacial score (nSPS) is 12.3. The van der Waals surface area contributed by atoms with Gasteiger partial charge in [-0.05, 0) is 46.4 Å². The first-order valence-electron chi connectivity index (χ1n) is 12.8. The number of fused-ring (bicyclic) bond motifs is 1. The van der Waals surface area contributed by atoms with Gasteiger partial charge in [-0.15, -0.1) is 0 Å². The molecule has 0 radical (unpaired) electrons. The van der Waals surface area contributed by atoms with Crippen molar-refractivity contribution in [3.05, 3.63) is 113 Å².